The normalized spacial score (nSPS) is 11.3. The molecule has 0 aliphatic heterocycles. The third-order valence-electron chi connectivity index (χ3n) is 2.63. The summed E-state index contributed by atoms with van der Waals surface area (Å²) >= 11 is 3.33. The molecule has 0 spiro atoms. The molecule has 4 nitrogen and oxygen atoms in total. The number of hydrazine groups is 1. The summed E-state index contributed by atoms with van der Waals surface area (Å²) in [5, 5.41) is 0. The van der Waals surface area contributed by atoms with E-state index in [1.807, 2.05) is 6.92 Å². The van der Waals surface area contributed by atoms with Crippen molar-refractivity contribution in [2.24, 2.45) is 5.84 Å². The molecule has 8 heteroatoms. The van der Waals surface area contributed by atoms with Crippen LogP contribution in [-0.2, 0) is 6.18 Å². The number of halogens is 4. The molecule has 1 aromatic carbocycles. The van der Waals surface area contributed by atoms with Crippen molar-refractivity contribution in [2.75, 3.05) is 5.43 Å². The minimum absolute atomic E-state index is 0.131. The molecule has 112 valence electrons. The number of nitrogens with two attached hydrogens (primary N) is 1. The molecule has 0 fully saturated rings. The van der Waals surface area contributed by atoms with Crippen LogP contribution >= 0.6 is 15.9 Å². The van der Waals surface area contributed by atoms with E-state index in [9.17, 15) is 13.2 Å². The molecule has 0 saturated heterocycles. The lowest BCUT2D eigenvalue weighted by Crippen LogP contribution is -2.12. The SMILES string of the molecule is Cc1cc(Oc2cc(C(F)(F)F)cc(NN)n2)ccc1Br. The minimum atomic E-state index is -4.51. The maximum atomic E-state index is 12.8. The van der Waals surface area contributed by atoms with Gasteiger partial charge in [-0.05, 0) is 36.8 Å². The van der Waals surface area contributed by atoms with Gasteiger partial charge in [0.25, 0.3) is 0 Å². The predicted molar refractivity (Wildman–Crippen MR) is 76.0 cm³/mol. The Morgan fingerprint density at radius 2 is 1.95 bits per heavy atom. The van der Waals surface area contributed by atoms with E-state index in [-0.39, 0.29) is 11.7 Å². The highest BCUT2D eigenvalue weighted by Crippen LogP contribution is 2.34. The second kappa shape index (κ2) is 5.90. The van der Waals surface area contributed by atoms with E-state index < -0.39 is 11.7 Å². The molecule has 0 amide bonds. The maximum Gasteiger partial charge on any atom is 0.416 e. The Morgan fingerprint density at radius 3 is 2.52 bits per heavy atom. The predicted octanol–water partition coefficient (Wildman–Crippen LogP) is 4.25. The van der Waals surface area contributed by atoms with Crippen molar-refractivity contribution in [3.8, 4) is 11.6 Å². The Labute approximate surface area is 127 Å². The lowest BCUT2D eigenvalue weighted by Gasteiger charge is -2.12. The number of aromatic nitrogens is 1. The van der Waals surface area contributed by atoms with Crippen LogP contribution in [0.2, 0.25) is 0 Å². The monoisotopic (exact) mass is 361 g/mol. The average Bonchev–Trinajstić information content (AvgIpc) is 2.41. The lowest BCUT2D eigenvalue weighted by atomic mass is 10.2. The van der Waals surface area contributed by atoms with Gasteiger partial charge in [0.1, 0.15) is 11.6 Å². The van der Waals surface area contributed by atoms with Gasteiger partial charge in [0.2, 0.25) is 5.88 Å². The van der Waals surface area contributed by atoms with Gasteiger partial charge in [0.05, 0.1) is 5.56 Å². The van der Waals surface area contributed by atoms with E-state index in [1.54, 1.807) is 18.2 Å². The van der Waals surface area contributed by atoms with Crippen LogP contribution in [0, 0.1) is 6.92 Å². The summed E-state index contributed by atoms with van der Waals surface area (Å²) in [5.74, 6) is 5.18. The Balaban J connectivity index is 2.36. The molecule has 1 aromatic heterocycles. The summed E-state index contributed by atoms with van der Waals surface area (Å²) in [6.45, 7) is 1.84. The summed E-state index contributed by atoms with van der Waals surface area (Å²) in [7, 11) is 0. The van der Waals surface area contributed by atoms with Crippen LogP contribution in [0.3, 0.4) is 0 Å². The van der Waals surface area contributed by atoms with Crippen molar-refractivity contribution in [3.05, 3.63) is 45.9 Å². The van der Waals surface area contributed by atoms with E-state index in [4.69, 9.17) is 10.6 Å². The number of hydrogen-bond acceptors (Lipinski definition) is 4. The van der Waals surface area contributed by atoms with E-state index in [0.717, 1.165) is 22.2 Å². The smallest absolute Gasteiger partial charge is 0.416 e. The molecule has 0 bridgehead atoms. The molecular weight excluding hydrogens is 351 g/mol. The van der Waals surface area contributed by atoms with Gasteiger partial charge in [0, 0.05) is 10.5 Å². The van der Waals surface area contributed by atoms with Gasteiger partial charge in [0.15, 0.2) is 0 Å². The molecule has 2 rings (SSSR count). The van der Waals surface area contributed by atoms with Crippen LogP contribution in [0.25, 0.3) is 0 Å². The zero-order valence-corrected chi connectivity index (χ0v) is 12.4. The van der Waals surface area contributed by atoms with Crippen molar-refractivity contribution in [2.45, 2.75) is 13.1 Å². The molecule has 2 aromatic rings. The zero-order chi connectivity index (χ0) is 15.6. The Kier molecular flexibility index (Phi) is 4.38. The molecule has 0 aliphatic rings. The lowest BCUT2D eigenvalue weighted by molar-refractivity contribution is -0.137. The first-order valence-electron chi connectivity index (χ1n) is 5.79. The number of nitrogens with one attached hydrogen (secondary N) is 1. The van der Waals surface area contributed by atoms with Crippen molar-refractivity contribution < 1.29 is 17.9 Å². The number of ether oxygens (including phenoxy) is 1. The number of benzene rings is 1. The van der Waals surface area contributed by atoms with E-state index in [2.05, 4.69) is 26.3 Å². The van der Waals surface area contributed by atoms with E-state index in [0.29, 0.717) is 5.75 Å². The van der Waals surface area contributed by atoms with Gasteiger partial charge < -0.3 is 10.2 Å². The molecule has 3 N–H and O–H groups in total. The number of aryl methyl sites for hydroxylation is 1. The third kappa shape index (κ3) is 3.85. The van der Waals surface area contributed by atoms with Crippen molar-refractivity contribution in [1.29, 1.82) is 0 Å². The summed E-state index contributed by atoms with van der Waals surface area (Å²) in [6, 6.07) is 6.66. The van der Waals surface area contributed by atoms with Crippen LogP contribution in [0.5, 0.6) is 11.6 Å². The summed E-state index contributed by atoms with van der Waals surface area (Å²) in [6.07, 6.45) is -4.51. The van der Waals surface area contributed by atoms with Crippen LogP contribution in [0.15, 0.2) is 34.8 Å². The first-order chi connectivity index (χ1) is 9.79. The fourth-order valence-electron chi connectivity index (χ4n) is 1.60. The highest BCUT2D eigenvalue weighted by Gasteiger charge is 2.32. The quantitative estimate of drug-likeness (QED) is 0.633. The molecular formula is C13H11BrF3N3O. The third-order valence-corrected chi connectivity index (χ3v) is 3.52. The van der Waals surface area contributed by atoms with Crippen LogP contribution in [0.4, 0.5) is 19.0 Å². The zero-order valence-electron chi connectivity index (χ0n) is 10.8. The minimum Gasteiger partial charge on any atom is -0.439 e. The molecule has 0 saturated carbocycles. The molecule has 0 radical (unpaired) electrons. The molecule has 0 aliphatic carbocycles. The molecule has 0 atom stereocenters. The van der Waals surface area contributed by atoms with Crippen molar-refractivity contribution in [1.82, 2.24) is 4.98 Å². The number of anilines is 1. The average molecular weight is 362 g/mol. The summed E-state index contributed by atoms with van der Waals surface area (Å²) in [5.41, 5.74) is 2.08. The number of alkyl halides is 3. The maximum absolute atomic E-state index is 12.8. The Bertz CT molecular complexity index is 662. The first-order valence-corrected chi connectivity index (χ1v) is 6.59. The molecule has 21 heavy (non-hydrogen) atoms. The second-order valence-corrected chi connectivity index (χ2v) is 5.09. The van der Waals surface area contributed by atoms with Crippen LogP contribution in [-0.4, -0.2) is 4.98 Å². The van der Waals surface area contributed by atoms with Crippen LogP contribution < -0.4 is 16.0 Å². The van der Waals surface area contributed by atoms with Gasteiger partial charge in [-0.2, -0.15) is 18.2 Å². The van der Waals surface area contributed by atoms with E-state index >= 15 is 0 Å². The standard InChI is InChI=1S/C13H11BrF3N3O/c1-7-4-9(2-3-10(7)14)21-12-6-8(13(15,16)17)5-11(19-12)20-18/h2-6H,18H2,1H3,(H,19,20). The largest absolute Gasteiger partial charge is 0.439 e. The van der Waals surface area contributed by atoms with Gasteiger partial charge in [-0.3, -0.25) is 0 Å². The number of nitrogen functional groups attached to an aromatic ring is 1. The van der Waals surface area contributed by atoms with Crippen molar-refractivity contribution >= 4 is 21.7 Å². The van der Waals surface area contributed by atoms with Crippen molar-refractivity contribution in [3.63, 3.8) is 0 Å². The van der Waals surface area contributed by atoms with Gasteiger partial charge in [-0.1, -0.05) is 15.9 Å². The summed E-state index contributed by atoms with van der Waals surface area (Å²) < 4.78 is 44.6. The highest BCUT2D eigenvalue weighted by molar-refractivity contribution is 9.10. The van der Waals surface area contributed by atoms with Gasteiger partial charge >= 0.3 is 6.18 Å². The number of nitrogens with zero attached hydrogens (tertiary/aromatic N) is 1. The molecule has 1 heterocycles. The van der Waals surface area contributed by atoms with E-state index in [1.165, 1.54) is 0 Å². The Morgan fingerprint density at radius 1 is 1.24 bits per heavy atom. The van der Waals surface area contributed by atoms with Gasteiger partial charge in [-0.25, -0.2) is 5.84 Å². The fraction of sp³-hybridized carbons (Fsp3) is 0.154. The summed E-state index contributed by atoms with van der Waals surface area (Å²) in [4.78, 5) is 3.84. The first kappa shape index (κ1) is 15.6. The number of hydrogen-bond donors (Lipinski definition) is 2. The number of pyridine rings is 1. The molecule has 0 unspecified atom stereocenters. The second-order valence-electron chi connectivity index (χ2n) is 4.23. The van der Waals surface area contributed by atoms with Gasteiger partial charge in [-0.15, -0.1) is 0 Å². The fourth-order valence-corrected chi connectivity index (χ4v) is 1.84. The number of rotatable bonds is 3. The topological polar surface area (TPSA) is 60.2 Å². The Hall–Kier alpha value is -1.80. The van der Waals surface area contributed by atoms with Crippen LogP contribution in [0.1, 0.15) is 11.1 Å². The highest BCUT2D eigenvalue weighted by atomic mass is 79.9.